The van der Waals surface area contributed by atoms with Gasteiger partial charge >= 0.3 is 0 Å². The van der Waals surface area contributed by atoms with E-state index in [1.54, 1.807) is 6.08 Å². The average Bonchev–Trinajstić information content (AvgIpc) is 2.50. The second-order valence-corrected chi connectivity index (χ2v) is 26.1. The molecule has 12 unspecified atom stereocenters. The van der Waals surface area contributed by atoms with Gasteiger partial charge in [0.1, 0.15) is 48.8 Å². The second-order valence-electron chi connectivity index (χ2n) is 26.1. The van der Waals surface area contributed by atoms with E-state index in [0.29, 0.717) is 12.8 Å². The van der Waals surface area contributed by atoms with E-state index < -0.39 is 86.8 Å². The van der Waals surface area contributed by atoms with Crippen LogP contribution in [0.1, 0.15) is 328 Å². The van der Waals surface area contributed by atoms with Crippen molar-refractivity contribution in [3.05, 3.63) is 36.5 Å². The van der Waals surface area contributed by atoms with Gasteiger partial charge in [-0.3, -0.25) is 4.79 Å². The summed E-state index contributed by atoms with van der Waals surface area (Å²) in [4.78, 5) is 13.3. The van der Waals surface area contributed by atoms with Crippen LogP contribution in [0.3, 0.4) is 0 Å². The SMILES string of the molecule is CCCCCCCCCCCCCCCCCCCC/C=C/CC/C=C/CC/C=C/C(O)C(COC1OC(CO)C(OC2OC(CO)C(O)C(O)C2O)C(O)C1O)NC(=O)CCCCCCCCCCCCCCCCCCCCCCCCCCC. The summed E-state index contributed by atoms with van der Waals surface area (Å²) in [6.07, 6.45) is 57.9. The first-order chi connectivity index (χ1) is 42.6. The minimum Gasteiger partial charge on any atom is -0.394 e. The van der Waals surface area contributed by atoms with Crippen LogP contribution in [0.2, 0.25) is 0 Å². The molecule has 0 aromatic carbocycles. The first-order valence-electron chi connectivity index (χ1n) is 36.7. The highest BCUT2D eigenvalue weighted by atomic mass is 16.7. The molecule has 512 valence electrons. The van der Waals surface area contributed by atoms with Crippen molar-refractivity contribution in [2.24, 2.45) is 0 Å². The van der Waals surface area contributed by atoms with Crippen molar-refractivity contribution in [1.29, 1.82) is 0 Å². The lowest BCUT2D eigenvalue weighted by atomic mass is 9.97. The molecule has 1 amide bonds. The van der Waals surface area contributed by atoms with Crippen LogP contribution in [0, 0.1) is 0 Å². The van der Waals surface area contributed by atoms with Gasteiger partial charge in [-0.25, -0.2) is 0 Å². The number of amides is 1. The largest absolute Gasteiger partial charge is 0.394 e. The van der Waals surface area contributed by atoms with Crippen molar-refractivity contribution < 1.29 is 64.6 Å². The Kier molecular flexibility index (Phi) is 54.3. The quantitative estimate of drug-likeness (QED) is 0.0204. The third-order valence-electron chi connectivity index (χ3n) is 18.1. The van der Waals surface area contributed by atoms with Gasteiger partial charge in [-0.05, 0) is 44.9 Å². The van der Waals surface area contributed by atoms with E-state index in [-0.39, 0.29) is 18.9 Å². The zero-order chi connectivity index (χ0) is 63.1. The summed E-state index contributed by atoms with van der Waals surface area (Å²) in [6, 6.07) is -0.937. The van der Waals surface area contributed by atoms with Gasteiger partial charge in [-0.15, -0.1) is 0 Å². The van der Waals surface area contributed by atoms with Gasteiger partial charge in [-0.1, -0.05) is 314 Å². The Morgan fingerprint density at radius 3 is 1.13 bits per heavy atom. The normalized spacial score (nSPS) is 23.4. The van der Waals surface area contributed by atoms with Crippen molar-refractivity contribution in [2.45, 2.75) is 402 Å². The van der Waals surface area contributed by atoms with Crippen molar-refractivity contribution >= 4 is 5.91 Å². The zero-order valence-corrected chi connectivity index (χ0v) is 55.8. The Balaban J connectivity index is 1.69. The van der Waals surface area contributed by atoms with Gasteiger partial charge in [-0.2, -0.15) is 0 Å². The average molecular weight is 1240 g/mol. The first-order valence-corrected chi connectivity index (χ1v) is 36.7. The highest BCUT2D eigenvalue weighted by Gasteiger charge is 2.51. The maximum Gasteiger partial charge on any atom is 0.220 e. The summed E-state index contributed by atoms with van der Waals surface area (Å²) in [6.45, 7) is 2.83. The molecule has 14 heteroatoms. The van der Waals surface area contributed by atoms with E-state index in [0.717, 1.165) is 44.9 Å². The van der Waals surface area contributed by atoms with Gasteiger partial charge in [0, 0.05) is 6.42 Å². The third-order valence-corrected chi connectivity index (χ3v) is 18.1. The number of aliphatic hydroxyl groups excluding tert-OH is 8. The minimum absolute atomic E-state index is 0.246. The molecular formula is C73H137NO13. The maximum absolute atomic E-state index is 13.3. The lowest BCUT2D eigenvalue weighted by molar-refractivity contribution is -0.359. The molecule has 0 spiro atoms. The molecule has 2 heterocycles. The molecule has 14 nitrogen and oxygen atoms in total. The van der Waals surface area contributed by atoms with Gasteiger partial charge in [0.2, 0.25) is 5.91 Å². The molecule has 12 atom stereocenters. The van der Waals surface area contributed by atoms with Crippen LogP contribution in [-0.2, 0) is 23.7 Å². The molecule has 0 radical (unpaired) electrons. The fraction of sp³-hybridized carbons (Fsp3) is 0.904. The molecule has 2 aliphatic rings. The molecule has 2 aliphatic heterocycles. The van der Waals surface area contributed by atoms with Gasteiger partial charge in [0.15, 0.2) is 12.6 Å². The van der Waals surface area contributed by atoms with E-state index in [4.69, 9.17) is 18.9 Å². The number of ether oxygens (including phenoxy) is 4. The number of aliphatic hydroxyl groups is 8. The highest BCUT2D eigenvalue weighted by Crippen LogP contribution is 2.30. The smallest absolute Gasteiger partial charge is 0.220 e. The number of allylic oxidation sites excluding steroid dienone is 5. The van der Waals surface area contributed by atoms with Crippen molar-refractivity contribution in [2.75, 3.05) is 19.8 Å². The molecule has 0 bridgehead atoms. The number of hydrogen-bond donors (Lipinski definition) is 9. The number of carbonyl (C=O) groups is 1. The van der Waals surface area contributed by atoms with E-state index in [1.165, 1.54) is 250 Å². The summed E-state index contributed by atoms with van der Waals surface area (Å²) in [5, 5.41) is 87.5. The summed E-state index contributed by atoms with van der Waals surface area (Å²) >= 11 is 0. The van der Waals surface area contributed by atoms with Crippen LogP contribution >= 0.6 is 0 Å². The summed E-state index contributed by atoms with van der Waals surface area (Å²) in [7, 11) is 0. The molecular weight excluding hydrogens is 1100 g/mol. The molecule has 2 saturated heterocycles. The monoisotopic (exact) mass is 1240 g/mol. The van der Waals surface area contributed by atoms with Crippen LogP contribution in [0.4, 0.5) is 0 Å². The number of hydrogen-bond acceptors (Lipinski definition) is 13. The Bertz CT molecular complexity index is 1600. The van der Waals surface area contributed by atoms with Crippen molar-refractivity contribution in [1.82, 2.24) is 5.32 Å². The molecule has 87 heavy (non-hydrogen) atoms. The first kappa shape index (κ1) is 81.3. The molecule has 2 fully saturated rings. The number of carbonyl (C=O) groups excluding carboxylic acids is 1. The van der Waals surface area contributed by atoms with Gasteiger partial charge in [0.25, 0.3) is 0 Å². The summed E-state index contributed by atoms with van der Waals surface area (Å²) in [5.41, 5.74) is 0. The minimum atomic E-state index is -1.79. The Morgan fingerprint density at radius 2 is 0.736 bits per heavy atom. The molecule has 2 rings (SSSR count). The fourth-order valence-electron chi connectivity index (χ4n) is 12.2. The summed E-state index contributed by atoms with van der Waals surface area (Å²) in [5.74, 6) is -0.246. The van der Waals surface area contributed by atoms with Crippen molar-refractivity contribution in [3.8, 4) is 0 Å². The second kappa shape index (κ2) is 58.1. The van der Waals surface area contributed by atoms with Crippen LogP contribution < -0.4 is 5.32 Å². The number of nitrogens with one attached hydrogen (secondary N) is 1. The number of unbranched alkanes of at least 4 members (excludes halogenated alkanes) is 44. The molecule has 0 aromatic rings. The van der Waals surface area contributed by atoms with Crippen molar-refractivity contribution in [3.63, 3.8) is 0 Å². The highest BCUT2D eigenvalue weighted by molar-refractivity contribution is 5.76. The van der Waals surface area contributed by atoms with Crippen LogP contribution in [0.25, 0.3) is 0 Å². The van der Waals surface area contributed by atoms with Gasteiger partial charge < -0.3 is 65.1 Å². The van der Waals surface area contributed by atoms with Crippen LogP contribution in [0.5, 0.6) is 0 Å². The van der Waals surface area contributed by atoms with E-state index in [9.17, 15) is 45.6 Å². The Hall–Kier alpha value is -1.79. The molecule has 0 aliphatic carbocycles. The Labute approximate surface area is 531 Å². The Morgan fingerprint density at radius 1 is 0.402 bits per heavy atom. The number of rotatable bonds is 61. The summed E-state index contributed by atoms with van der Waals surface area (Å²) < 4.78 is 22.9. The van der Waals surface area contributed by atoms with E-state index in [1.807, 2.05) is 6.08 Å². The van der Waals surface area contributed by atoms with Crippen LogP contribution in [0.15, 0.2) is 36.5 Å². The lowest BCUT2D eigenvalue weighted by Crippen LogP contribution is -2.65. The molecule has 0 aromatic heterocycles. The zero-order valence-electron chi connectivity index (χ0n) is 55.8. The topological polar surface area (TPSA) is 228 Å². The predicted octanol–water partition coefficient (Wildman–Crippen LogP) is 15.3. The standard InChI is InChI=1S/C73H137NO13/c1-3-5-7-9-11-13-15-17-19-21-23-25-27-29-30-31-33-34-36-38-40-42-44-46-48-50-52-54-56-62(77)61(60-84-72-70(83)68(81)71(64(59-76)86-72)87-73-69(82)67(80)66(79)63(58-75)85-73)74-65(78)57-55-53-51-49-47-45-43-41-39-37-35-32-28-26-24-22-20-18-16-14-12-10-8-6-4-2/h38,40,46,48,54,56,61-64,66-73,75-77,79-83H,3-37,39,41-45,47,49-53,55,57-60H2,1-2H3,(H,74,78)/b40-38+,48-46+,56-54+. The fourth-order valence-corrected chi connectivity index (χ4v) is 12.2. The lowest BCUT2D eigenvalue weighted by Gasteiger charge is -2.46. The van der Waals surface area contributed by atoms with Gasteiger partial charge in [0.05, 0.1) is 32.0 Å². The third kappa shape index (κ3) is 42.1. The van der Waals surface area contributed by atoms with Crippen LogP contribution in [-0.4, -0.2) is 140 Å². The van der Waals surface area contributed by atoms with E-state index >= 15 is 0 Å². The molecule has 9 N–H and O–H groups in total. The predicted molar refractivity (Wildman–Crippen MR) is 355 cm³/mol. The molecule has 0 saturated carbocycles. The van der Waals surface area contributed by atoms with E-state index in [2.05, 4.69) is 43.5 Å². The maximum atomic E-state index is 13.3.